The number of carbonyl (C=O) groups is 1. The average Bonchev–Trinajstić information content (AvgIpc) is 2.94. The maximum atomic E-state index is 11.8. The van der Waals surface area contributed by atoms with Crippen molar-refractivity contribution >= 4 is 5.91 Å². The Morgan fingerprint density at radius 1 is 1.60 bits per heavy atom. The third kappa shape index (κ3) is 2.91. The molecule has 1 fully saturated rings. The van der Waals surface area contributed by atoms with E-state index in [1.165, 1.54) is 0 Å². The minimum Gasteiger partial charge on any atom is -0.495 e. The second kappa shape index (κ2) is 6.40. The largest absolute Gasteiger partial charge is 0.495 e. The third-order valence-corrected chi connectivity index (χ3v) is 3.68. The Morgan fingerprint density at radius 2 is 2.40 bits per heavy atom. The van der Waals surface area contributed by atoms with E-state index < -0.39 is 0 Å². The molecule has 1 aromatic carbocycles. The number of likely N-dealkylation sites (N-methyl/N-ethyl adjacent to an activating group) is 1. The van der Waals surface area contributed by atoms with Crippen molar-refractivity contribution in [3.8, 4) is 11.8 Å². The van der Waals surface area contributed by atoms with Crippen LogP contribution in [0, 0.1) is 11.3 Å². The van der Waals surface area contributed by atoms with Crippen molar-refractivity contribution in [3.63, 3.8) is 0 Å². The number of rotatable bonds is 4. The van der Waals surface area contributed by atoms with Crippen LogP contribution in [-0.2, 0) is 11.3 Å². The lowest BCUT2D eigenvalue weighted by atomic mass is 10.1. The molecule has 1 saturated heterocycles. The summed E-state index contributed by atoms with van der Waals surface area (Å²) in [6, 6.07) is 7.65. The van der Waals surface area contributed by atoms with Crippen molar-refractivity contribution < 1.29 is 9.53 Å². The van der Waals surface area contributed by atoms with Crippen LogP contribution < -0.4 is 10.1 Å². The van der Waals surface area contributed by atoms with Gasteiger partial charge in [0.25, 0.3) is 0 Å². The normalized spacial score (nSPS) is 18.6. The van der Waals surface area contributed by atoms with Gasteiger partial charge in [-0.05, 0) is 37.1 Å². The Labute approximate surface area is 119 Å². The summed E-state index contributed by atoms with van der Waals surface area (Å²) in [5, 5.41) is 11.8. The van der Waals surface area contributed by atoms with E-state index in [2.05, 4.69) is 16.3 Å². The van der Waals surface area contributed by atoms with Crippen molar-refractivity contribution in [3.05, 3.63) is 29.3 Å². The van der Waals surface area contributed by atoms with Gasteiger partial charge in [0.15, 0.2) is 0 Å². The molecular weight excluding hydrogens is 254 g/mol. The van der Waals surface area contributed by atoms with Crippen LogP contribution in [0.5, 0.6) is 5.75 Å². The van der Waals surface area contributed by atoms with E-state index in [0.717, 1.165) is 24.9 Å². The second-order valence-corrected chi connectivity index (χ2v) is 4.89. The molecule has 0 saturated carbocycles. The molecule has 1 N–H and O–H groups in total. The molecule has 20 heavy (non-hydrogen) atoms. The Morgan fingerprint density at radius 3 is 3.05 bits per heavy atom. The molecule has 0 spiro atoms. The average molecular weight is 273 g/mol. The van der Waals surface area contributed by atoms with Gasteiger partial charge in [-0.1, -0.05) is 6.07 Å². The number of likely N-dealkylation sites (tertiary alicyclic amines) is 1. The zero-order valence-electron chi connectivity index (χ0n) is 11.8. The van der Waals surface area contributed by atoms with Gasteiger partial charge in [-0.3, -0.25) is 9.69 Å². The van der Waals surface area contributed by atoms with Gasteiger partial charge >= 0.3 is 0 Å². The van der Waals surface area contributed by atoms with Crippen molar-refractivity contribution in [2.45, 2.75) is 25.4 Å². The molecule has 1 aliphatic heterocycles. The number of nitrogens with zero attached hydrogens (tertiary/aromatic N) is 2. The van der Waals surface area contributed by atoms with Gasteiger partial charge in [0.05, 0.1) is 18.7 Å². The molecule has 1 aliphatic rings. The van der Waals surface area contributed by atoms with E-state index in [1.54, 1.807) is 20.2 Å². The quantitative estimate of drug-likeness (QED) is 0.897. The topological polar surface area (TPSA) is 65.4 Å². The summed E-state index contributed by atoms with van der Waals surface area (Å²) in [5.41, 5.74) is 1.55. The minimum absolute atomic E-state index is 0.0624. The first kappa shape index (κ1) is 14.4. The minimum atomic E-state index is -0.0624. The number of nitriles is 1. The monoisotopic (exact) mass is 273 g/mol. The molecule has 5 nitrogen and oxygen atoms in total. The molecular formula is C15H19N3O2. The van der Waals surface area contributed by atoms with Crippen LogP contribution in [0.25, 0.3) is 0 Å². The van der Waals surface area contributed by atoms with Crippen LogP contribution in [-0.4, -0.2) is 37.6 Å². The van der Waals surface area contributed by atoms with Crippen molar-refractivity contribution in [2.75, 3.05) is 20.7 Å². The number of ether oxygens (including phenoxy) is 1. The summed E-state index contributed by atoms with van der Waals surface area (Å²) in [4.78, 5) is 14.0. The maximum Gasteiger partial charge on any atom is 0.237 e. The van der Waals surface area contributed by atoms with Gasteiger partial charge in [-0.2, -0.15) is 5.26 Å². The highest BCUT2D eigenvalue weighted by molar-refractivity contribution is 5.81. The van der Waals surface area contributed by atoms with E-state index in [9.17, 15) is 4.79 Å². The van der Waals surface area contributed by atoms with Gasteiger partial charge < -0.3 is 10.1 Å². The smallest absolute Gasteiger partial charge is 0.237 e. The number of methoxy groups -OCH3 is 1. The number of hydrogen-bond acceptors (Lipinski definition) is 4. The highest BCUT2D eigenvalue weighted by Gasteiger charge is 2.29. The molecule has 106 valence electrons. The summed E-state index contributed by atoms with van der Waals surface area (Å²) in [5.74, 6) is 0.650. The molecule has 2 rings (SSSR count). The number of benzene rings is 1. The van der Waals surface area contributed by atoms with E-state index >= 15 is 0 Å². The fourth-order valence-electron chi connectivity index (χ4n) is 2.65. The Balaban J connectivity index is 2.14. The number of nitrogens with one attached hydrogen (secondary N) is 1. The van der Waals surface area contributed by atoms with E-state index in [1.807, 2.05) is 12.1 Å². The second-order valence-electron chi connectivity index (χ2n) is 4.89. The number of hydrogen-bond donors (Lipinski definition) is 1. The lowest BCUT2D eigenvalue weighted by Gasteiger charge is -2.23. The zero-order chi connectivity index (χ0) is 14.5. The summed E-state index contributed by atoms with van der Waals surface area (Å²) >= 11 is 0. The van der Waals surface area contributed by atoms with E-state index in [0.29, 0.717) is 17.9 Å². The van der Waals surface area contributed by atoms with Gasteiger partial charge in [-0.15, -0.1) is 0 Å². The number of amides is 1. The molecule has 1 unspecified atom stereocenters. The molecule has 0 aliphatic carbocycles. The van der Waals surface area contributed by atoms with Crippen molar-refractivity contribution in [2.24, 2.45) is 0 Å². The van der Waals surface area contributed by atoms with Crippen LogP contribution >= 0.6 is 0 Å². The fourth-order valence-corrected chi connectivity index (χ4v) is 2.65. The van der Waals surface area contributed by atoms with Gasteiger partial charge in [0.2, 0.25) is 5.91 Å². The van der Waals surface area contributed by atoms with Crippen LogP contribution in [0.3, 0.4) is 0 Å². The predicted molar refractivity (Wildman–Crippen MR) is 75.2 cm³/mol. The lowest BCUT2D eigenvalue weighted by Crippen LogP contribution is -2.41. The maximum absolute atomic E-state index is 11.8. The van der Waals surface area contributed by atoms with Crippen LogP contribution in [0.1, 0.15) is 24.0 Å². The van der Waals surface area contributed by atoms with Crippen molar-refractivity contribution in [1.82, 2.24) is 10.2 Å². The Hall–Kier alpha value is -2.06. The van der Waals surface area contributed by atoms with Crippen LogP contribution in [0.2, 0.25) is 0 Å². The predicted octanol–water partition coefficient (Wildman–Crippen LogP) is 1.28. The molecule has 0 bridgehead atoms. The van der Waals surface area contributed by atoms with E-state index in [4.69, 9.17) is 10.00 Å². The number of carbonyl (C=O) groups excluding carboxylic acids is 1. The van der Waals surface area contributed by atoms with Crippen molar-refractivity contribution in [1.29, 1.82) is 5.26 Å². The summed E-state index contributed by atoms with van der Waals surface area (Å²) in [6.45, 7) is 1.59. The first-order valence-electron chi connectivity index (χ1n) is 6.72. The highest BCUT2D eigenvalue weighted by Crippen LogP contribution is 2.23. The first-order chi connectivity index (χ1) is 9.69. The molecule has 0 radical (unpaired) electrons. The summed E-state index contributed by atoms with van der Waals surface area (Å²) in [7, 11) is 3.22. The van der Waals surface area contributed by atoms with Gasteiger partial charge in [0, 0.05) is 13.6 Å². The molecule has 5 heteroatoms. The summed E-state index contributed by atoms with van der Waals surface area (Å²) < 4.78 is 5.14. The Kier molecular flexibility index (Phi) is 4.59. The Bertz CT molecular complexity index is 536. The molecule has 1 aromatic rings. The molecule has 1 amide bonds. The lowest BCUT2D eigenvalue weighted by molar-refractivity contribution is -0.125. The third-order valence-electron chi connectivity index (χ3n) is 3.68. The molecule has 0 aromatic heterocycles. The van der Waals surface area contributed by atoms with Gasteiger partial charge in [0.1, 0.15) is 11.8 Å². The standard InChI is InChI=1S/C15H19N3O2/c1-17-15(19)13-4-3-7-18(13)10-11-5-6-14(20-2)12(8-11)9-16/h5-6,8,13H,3-4,7,10H2,1-2H3,(H,17,19). The fraction of sp³-hybridized carbons (Fsp3) is 0.467. The van der Waals surface area contributed by atoms with Crippen LogP contribution in [0.4, 0.5) is 0 Å². The molecule has 1 atom stereocenters. The highest BCUT2D eigenvalue weighted by atomic mass is 16.5. The van der Waals surface area contributed by atoms with Crippen LogP contribution in [0.15, 0.2) is 18.2 Å². The van der Waals surface area contributed by atoms with E-state index in [-0.39, 0.29) is 11.9 Å². The zero-order valence-corrected chi connectivity index (χ0v) is 11.8. The summed E-state index contributed by atoms with van der Waals surface area (Å²) in [6.07, 6.45) is 1.92. The SMILES string of the molecule is CNC(=O)C1CCCN1Cc1ccc(OC)c(C#N)c1. The molecule has 1 heterocycles. The van der Waals surface area contributed by atoms with Gasteiger partial charge in [-0.25, -0.2) is 0 Å². The first-order valence-corrected chi connectivity index (χ1v) is 6.72.